The minimum atomic E-state index is -0.295. The van der Waals surface area contributed by atoms with Crippen LogP contribution in [0.4, 0.5) is 5.95 Å². The Labute approximate surface area is 179 Å². The normalized spacial score (nSPS) is 24.3. The zero-order valence-electron chi connectivity index (χ0n) is 17.6. The van der Waals surface area contributed by atoms with Crippen LogP contribution in [0.25, 0.3) is 10.9 Å². The molecule has 9 heteroatoms. The van der Waals surface area contributed by atoms with E-state index >= 15 is 0 Å². The number of hydrogen-bond acceptors (Lipinski definition) is 6. The molecule has 2 aliphatic heterocycles. The van der Waals surface area contributed by atoms with E-state index in [1.165, 1.54) is 0 Å². The summed E-state index contributed by atoms with van der Waals surface area (Å²) >= 11 is 0. The van der Waals surface area contributed by atoms with Crippen LogP contribution in [-0.4, -0.2) is 73.8 Å². The maximum Gasteiger partial charge on any atom is 0.270 e. The smallest absolute Gasteiger partial charge is 0.270 e. The van der Waals surface area contributed by atoms with Crippen molar-refractivity contribution in [3.8, 4) is 0 Å². The maximum absolute atomic E-state index is 13.1. The third kappa shape index (κ3) is 3.54. The molecular weight excluding hydrogens is 394 g/mol. The number of aromatic nitrogens is 4. The highest BCUT2D eigenvalue weighted by atomic mass is 16.2. The Morgan fingerprint density at radius 1 is 1.23 bits per heavy atom. The fraction of sp³-hybridized carbons (Fsp3) is 0.409. The van der Waals surface area contributed by atoms with E-state index in [0.29, 0.717) is 30.6 Å². The van der Waals surface area contributed by atoms with E-state index in [9.17, 15) is 9.59 Å². The minimum Gasteiger partial charge on any atom is -0.350 e. The van der Waals surface area contributed by atoms with Crippen molar-refractivity contribution < 1.29 is 9.59 Å². The molecule has 0 aliphatic carbocycles. The summed E-state index contributed by atoms with van der Waals surface area (Å²) in [6.45, 7) is 7.03. The van der Waals surface area contributed by atoms with Crippen molar-refractivity contribution in [3.05, 3.63) is 48.7 Å². The Kier molecular flexibility index (Phi) is 4.70. The van der Waals surface area contributed by atoms with Crippen LogP contribution in [0.5, 0.6) is 0 Å². The van der Waals surface area contributed by atoms with E-state index in [1.54, 1.807) is 30.9 Å². The van der Waals surface area contributed by atoms with E-state index in [0.717, 1.165) is 24.0 Å². The third-order valence-corrected chi connectivity index (χ3v) is 6.66. The molecule has 0 spiro atoms. The van der Waals surface area contributed by atoms with Crippen molar-refractivity contribution in [3.63, 3.8) is 0 Å². The van der Waals surface area contributed by atoms with Gasteiger partial charge in [-0.1, -0.05) is 6.92 Å². The SMILES string of the molecule is CC(C(=O)Nc1ncccn1)N1C[C@@H]2CN(C(=O)c3cc4cnccc4[nH]3)C[C@]2(C)C1. The summed E-state index contributed by atoms with van der Waals surface area (Å²) in [5.41, 5.74) is 1.47. The van der Waals surface area contributed by atoms with Crippen LogP contribution in [0.15, 0.2) is 43.0 Å². The third-order valence-electron chi connectivity index (χ3n) is 6.66. The van der Waals surface area contributed by atoms with Gasteiger partial charge in [0.15, 0.2) is 0 Å². The number of anilines is 1. The lowest BCUT2D eigenvalue weighted by molar-refractivity contribution is -0.120. The molecule has 160 valence electrons. The summed E-state index contributed by atoms with van der Waals surface area (Å²) in [5.74, 6) is 0.542. The minimum absolute atomic E-state index is 0.0189. The van der Waals surface area contributed by atoms with Gasteiger partial charge in [0.2, 0.25) is 11.9 Å². The zero-order chi connectivity index (χ0) is 21.6. The highest BCUT2D eigenvalue weighted by molar-refractivity contribution is 5.98. The van der Waals surface area contributed by atoms with E-state index in [-0.39, 0.29) is 23.3 Å². The number of nitrogens with one attached hydrogen (secondary N) is 2. The van der Waals surface area contributed by atoms with Gasteiger partial charge in [0.25, 0.3) is 5.91 Å². The highest BCUT2D eigenvalue weighted by Gasteiger charge is 2.51. The van der Waals surface area contributed by atoms with Gasteiger partial charge in [-0.05, 0) is 31.0 Å². The first-order chi connectivity index (χ1) is 14.9. The van der Waals surface area contributed by atoms with Gasteiger partial charge in [-0.3, -0.25) is 24.8 Å². The first kappa shape index (κ1) is 19.6. The molecule has 0 bridgehead atoms. The Morgan fingerprint density at radius 2 is 2.03 bits per heavy atom. The van der Waals surface area contributed by atoms with Crippen molar-refractivity contribution >= 4 is 28.7 Å². The average Bonchev–Trinajstić information content (AvgIpc) is 3.42. The topological polar surface area (TPSA) is 107 Å². The van der Waals surface area contributed by atoms with Crippen LogP contribution in [0.2, 0.25) is 0 Å². The molecule has 0 saturated carbocycles. The van der Waals surface area contributed by atoms with Crippen molar-refractivity contribution in [2.75, 3.05) is 31.5 Å². The second-order valence-corrected chi connectivity index (χ2v) is 8.85. The van der Waals surface area contributed by atoms with Gasteiger partial charge in [0.1, 0.15) is 5.69 Å². The zero-order valence-corrected chi connectivity index (χ0v) is 17.6. The Balaban J connectivity index is 1.24. The lowest BCUT2D eigenvalue weighted by Gasteiger charge is -2.28. The molecule has 2 saturated heterocycles. The molecule has 5 heterocycles. The quantitative estimate of drug-likeness (QED) is 0.668. The second kappa shape index (κ2) is 7.42. The van der Waals surface area contributed by atoms with Crippen molar-refractivity contribution in [2.45, 2.75) is 19.9 Å². The molecule has 2 amide bonds. The largest absolute Gasteiger partial charge is 0.350 e. The van der Waals surface area contributed by atoms with Gasteiger partial charge in [-0.15, -0.1) is 0 Å². The van der Waals surface area contributed by atoms with Crippen LogP contribution in [0.1, 0.15) is 24.3 Å². The molecule has 3 aromatic rings. The number of carbonyl (C=O) groups is 2. The molecular formula is C22H25N7O2. The molecule has 3 atom stereocenters. The summed E-state index contributed by atoms with van der Waals surface area (Å²) in [6, 6.07) is 5.15. The Morgan fingerprint density at radius 3 is 2.77 bits per heavy atom. The van der Waals surface area contributed by atoms with Crippen LogP contribution >= 0.6 is 0 Å². The fourth-order valence-corrected chi connectivity index (χ4v) is 4.84. The molecule has 0 radical (unpaired) electrons. The highest BCUT2D eigenvalue weighted by Crippen LogP contribution is 2.43. The van der Waals surface area contributed by atoms with Crippen LogP contribution in [0, 0.1) is 11.3 Å². The summed E-state index contributed by atoms with van der Waals surface area (Å²) in [5, 5.41) is 3.72. The van der Waals surface area contributed by atoms with Crippen molar-refractivity contribution in [1.82, 2.24) is 29.7 Å². The van der Waals surface area contributed by atoms with E-state index in [1.807, 2.05) is 24.0 Å². The summed E-state index contributed by atoms with van der Waals surface area (Å²) < 4.78 is 0. The van der Waals surface area contributed by atoms with E-state index in [2.05, 4.69) is 37.1 Å². The molecule has 0 aromatic carbocycles. The van der Waals surface area contributed by atoms with E-state index < -0.39 is 0 Å². The summed E-state index contributed by atoms with van der Waals surface area (Å²) in [6.07, 6.45) is 6.67. The standard InChI is InChI=1S/C22H25N7O2/c1-14(19(30)27-21-24-5-3-6-25-21)28-10-16-11-29(13-22(16,2)12-28)20(31)18-8-15-9-23-7-4-17(15)26-18/h3-9,14,16,26H,10-13H2,1-2H3,(H,24,25,27,30)/t14?,16-,22+/m1/s1. The molecule has 1 unspecified atom stereocenters. The number of aromatic amines is 1. The average molecular weight is 419 g/mol. The number of hydrogen-bond donors (Lipinski definition) is 2. The molecule has 2 N–H and O–H groups in total. The lowest BCUT2D eigenvalue weighted by atomic mass is 9.83. The molecule has 2 fully saturated rings. The number of carbonyl (C=O) groups excluding carboxylic acids is 2. The molecule has 31 heavy (non-hydrogen) atoms. The first-order valence-corrected chi connectivity index (χ1v) is 10.5. The molecule has 9 nitrogen and oxygen atoms in total. The Hall–Kier alpha value is -3.33. The maximum atomic E-state index is 13.1. The molecule has 3 aromatic heterocycles. The van der Waals surface area contributed by atoms with Gasteiger partial charge in [0, 0.05) is 67.3 Å². The number of likely N-dealkylation sites (tertiary alicyclic amines) is 2. The Bertz CT molecular complexity index is 1100. The number of pyridine rings is 1. The number of amides is 2. The van der Waals surface area contributed by atoms with Gasteiger partial charge in [-0.25, -0.2) is 9.97 Å². The van der Waals surface area contributed by atoms with Crippen molar-refractivity contribution in [2.24, 2.45) is 11.3 Å². The van der Waals surface area contributed by atoms with Gasteiger partial charge in [-0.2, -0.15) is 0 Å². The lowest BCUT2D eigenvalue weighted by Crippen LogP contribution is -2.44. The van der Waals surface area contributed by atoms with Gasteiger partial charge in [0.05, 0.1) is 6.04 Å². The van der Waals surface area contributed by atoms with Gasteiger partial charge < -0.3 is 9.88 Å². The van der Waals surface area contributed by atoms with Crippen LogP contribution < -0.4 is 5.32 Å². The van der Waals surface area contributed by atoms with Crippen molar-refractivity contribution in [1.29, 1.82) is 0 Å². The predicted octanol–water partition coefficient (Wildman–Crippen LogP) is 1.77. The second-order valence-electron chi connectivity index (χ2n) is 8.85. The summed E-state index contributed by atoms with van der Waals surface area (Å²) in [7, 11) is 0. The van der Waals surface area contributed by atoms with Crippen LogP contribution in [-0.2, 0) is 4.79 Å². The fourth-order valence-electron chi connectivity index (χ4n) is 4.84. The number of H-pyrrole nitrogens is 1. The monoisotopic (exact) mass is 419 g/mol. The number of fused-ring (bicyclic) bond motifs is 2. The first-order valence-electron chi connectivity index (χ1n) is 10.5. The number of nitrogens with zero attached hydrogens (tertiary/aromatic N) is 5. The summed E-state index contributed by atoms with van der Waals surface area (Å²) in [4.78, 5) is 45.3. The number of rotatable bonds is 4. The predicted molar refractivity (Wildman–Crippen MR) is 115 cm³/mol. The van der Waals surface area contributed by atoms with E-state index in [4.69, 9.17) is 0 Å². The molecule has 2 aliphatic rings. The molecule has 5 rings (SSSR count). The van der Waals surface area contributed by atoms with Gasteiger partial charge >= 0.3 is 0 Å². The van der Waals surface area contributed by atoms with Crippen LogP contribution in [0.3, 0.4) is 0 Å².